The van der Waals surface area contributed by atoms with E-state index in [4.69, 9.17) is 32.7 Å². The summed E-state index contributed by atoms with van der Waals surface area (Å²) in [7, 11) is 1.56. The number of hydrogen-bond donors (Lipinski definition) is 1. The number of benzene rings is 2. The number of amides is 1. The third-order valence-electron chi connectivity index (χ3n) is 4.22. The molecule has 0 fully saturated rings. The maximum Gasteiger partial charge on any atom is 0.300 e. The van der Waals surface area contributed by atoms with Gasteiger partial charge < -0.3 is 19.7 Å². The monoisotopic (exact) mass is 470 g/mol. The molecule has 0 saturated carbocycles. The Kier molecular flexibility index (Phi) is 11.5. The third kappa shape index (κ3) is 7.97. The highest BCUT2D eigenvalue weighted by atomic mass is 35.5. The van der Waals surface area contributed by atoms with Gasteiger partial charge >= 0.3 is 5.91 Å². The van der Waals surface area contributed by atoms with Crippen LogP contribution in [0.1, 0.15) is 19.4 Å². The van der Waals surface area contributed by atoms with Gasteiger partial charge in [-0.2, -0.15) is 0 Å². The van der Waals surface area contributed by atoms with Crippen LogP contribution in [-0.4, -0.2) is 44.2 Å². The average molecular weight is 472 g/mol. The Hall–Kier alpha value is -2.10. The van der Waals surface area contributed by atoms with Crippen LogP contribution in [0.15, 0.2) is 36.4 Å². The van der Waals surface area contributed by atoms with Crippen molar-refractivity contribution in [1.29, 1.82) is 0 Å². The second-order valence-electron chi connectivity index (χ2n) is 6.07. The number of carbonyl (C=O) groups excluding carboxylic acids is 1. The molecule has 0 unspecified atom stereocenters. The highest BCUT2D eigenvalue weighted by Crippen LogP contribution is 2.30. The summed E-state index contributed by atoms with van der Waals surface area (Å²) in [5, 5.41) is 3.62. The molecular weight excluding hydrogens is 447 g/mol. The predicted octanol–water partition coefficient (Wildman–Crippen LogP) is 5.13. The predicted molar refractivity (Wildman–Crippen MR) is 125 cm³/mol. The molecule has 0 atom stereocenters. The summed E-state index contributed by atoms with van der Waals surface area (Å²) in [6.45, 7) is 7.57. The molecule has 0 aliphatic carbocycles. The molecule has 8 heteroatoms. The first-order chi connectivity index (χ1) is 14.0. The summed E-state index contributed by atoms with van der Waals surface area (Å²) < 4.78 is 11.2. The Morgan fingerprint density at radius 2 is 1.83 bits per heavy atom. The van der Waals surface area contributed by atoms with E-state index in [0.29, 0.717) is 39.4 Å². The van der Waals surface area contributed by atoms with Crippen LogP contribution < -0.4 is 14.8 Å². The molecule has 30 heavy (non-hydrogen) atoms. The van der Waals surface area contributed by atoms with Crippen molar-refractivity contribution in [3.8, 4) is 23.3 Å². The first-order valence-corrected chi connectivity index (χ1v) is 10.0. The molecule has 5 nitrogen and oxygen atoms in total. The molecule has 0 heterocycles. The largest absolute Gasteiger partial charge is 0.493 e. The normalized spacial score (nSPS) is 9.93. The van der Waals surface area contributed by atoms with Gasteiger partial charge in [0.1, 0.15) is 6.61 Å². The molecule has 0 aliphatic heterocycles. The fourth-order valence-corrected chi connectivity index (χ4v) is 3.02. The zero-order valence-electron chi connectivity index (χ0n) is 17.1. The zero-order chi connectivity index (χ0) is 21.2. The fraction of sp³-hybridized carbons (Fsp3) is 0.318. The Morgan fingerprint density at radius 3 is 2.47 bits per heavy atom. The standard InChI is InChI=1S/C22H24Cl2N2O3.ClH/c1-4-26(5-2)12-13-29-20-10-9-18(15-21(20)28-3)25-22(27)11-7-16-6-8-17(23)14-19(16)24;/h6,8-10,14-15H,4-5,12-13H2,1-3H3,(H,25,27);1H. The average Bonchev–Trinajstić information content (AvgIpc) is 2.71. The molecule has 2 aromatic rings. The minimum atomic E-state index is -0.465. The highest BCUT2D eigenvalue weighted by Gasteiger charge is 2.08. The van der Waals surface area contributed by atoms with Crippen molar-refractivity contribution in [2.45, 2.75) is 13.8 Å². The number of likely N-dealkylation sites (N-methyl/N-ethyl adjacent to an activating group) is 1. The van der Waals surface area contributed by atoms with E-state index in [1.807, 2.05) is 0 Å². The number of nitrogens with one attached hydrogen (secondary N) is 1. The second-order valence-corrected chi connectivity index (χ2v) is 6.91. The van der Waals surface area contributed by atoms with Crippen LogP contribution in [0.25, 0.3) is 0 Å². The SMILES string of the molecule is CCN(CC)CCOc1ccc(NC(=O)C#Cc2ccc(Cl)cc2Cl)cc1OC.Cl. The van der Waals surface area contributed by atoms with Crippen molar-refractivity contribution in [3.63, 3.8) is 0 Å². The van der Waals surface area contributed by atoms with Crippen molar-refractivity contribution in [2.75, 3.05) is 38.7 Å². The number of nitrogens with zero attached hydrogens (tertiary/aromatic N) is 1. The van der Waals surface area contributed by atoms with Crippen molar-refractivity contribution in [2.24, 2.45) is 0 Å². The Labute approximate surface area is 194 Å². The molecule has 0 saturated heterocycles. The van der Waals surface area contributed by atoms with Crippen LogP contribution >= 0.6 is 35.6 Å². The Bertz CT molecular complexity index is 906. The molecule has 0 spiro atoms. The van der Waals surface area contributed by atoms with E-state index in [9.17, 15) is 4.79 Å². The number of rotatable bonds is 8. The van der Waals surface area contributed by atoms with E-state index < -0.39 is 5.91 Å². The molecule has 0 aromatic heterocycles. The summed E-state index contributed by atoms with van der Waals surface area (Å²) in [5.74, 6) is 5.95. The lowest BCUT2D eigenvalue weighted by Gasteiger charge is -2.19. The maximum absolute atomic E-state index is 12.1. The van der Waals surface area contributed by atoms with Crippen molar-refractivity contribution in [3.05, 3.63) is 52.0 Å². The second kappa shape index (κ2) is 13.3. The zero-order valence-corrected chi connectivity index (χ0v) is 19.5. The van der Waals surface area contributed by atoms with Gasteiger partial charge in [0, 0.05) is 34.8 Å². The van der Waals surface area contributed by atoms with Crippen molar-refractivity contribution >= 4 is 47.2 Å². The molecule has 0 aliphatic rings. The molecule has 1 N–H and O–H groups in total. The van der Waals surface area contributed by atoms with Crippen LogP contribution in [0, 0.1) is 11.8 Å². The quantitative estimate of drug-likeness (QED) is 0.542. The minimum Gasteiger partial charge on any atom is -0.493 e. The number of anilines is 1. The lowest BCUT2D eigenvalue weighted by Crippen LogP contribution is -2.27. The van der Waals surface area contributed by atoms with Gasteiger partial charge in [-0.25, -0.2) is 0 Å². The van der Waals surface area contributed by atoms with Gasteiger partial charge in [0.25, 0.3) is 0 Å². The molecule has 2 rings (SSSR count). The summed E-state index contributed by atoms with van der Waals surface area (Å²) in [6, 6.07) is 10.1. The lowest BCUT2D eigenvalue weighted by atomic mass is 10.2. The smallest absolute Gasteiger partial charge is 0.300 e. The molecule has 0 bridgehead atoms. The Morgan fingerprint density at radius 1 is 1.10 bits per heavy atom. The van der Waals surface area contributed by atoms with E-state index in [0.717, 1.165) is 19.6 Å². The summed E-state index contributed by atoms with van der Waals surface area (Å²) in [6.07, 6.45) is 0. The lowest BCUT2D eigenvalue weighted by molar-refractivity contribution is -0.111. The van der Waals surface area contributed by atoms with Gasteiger partial charge in [-0.3, -0.25) is 4.79 Å². The van der Waals surface area contributed by atoms with Crippen LogP contribution in [0.5, 0.6) is 11.5 Å². The molecule has 2 aromatic carbocycles. The van der Waals surface area contributed by atoms with Gasteiger partial charge in [-0.1, -0.05) is 43.0 Å². The van der Waals surface area contributed by atoms with Gasteiger partial charge in [0.2, 0.25) is 0 Å². The van der Waals surface area contributed by atoms with Crippen LogP contribution in [-0.2, 0) is 4.79 Å². The van der Waals surface area contributed by atoms with E-state index in [1.54, 1.807) is 43.5 Å². The van der Waals surface area contributed by atoms with Gasteiger partial charge in [0.05, 0.1) is 12.1 Å². The number of ether oxygens (including phenoxy) is 2. The molecule has 162 valence electrons. The first kappa shape index (κ1) is 25.9. The van der Waals surface area contributed by atoms with Crippen LogP contribution in [0.4, 0.5) is 5.69 Å². The third-order valence-corrected chi connectivity index (χ3v) is 4.77. The summed E-state index contributed by atoms with van der Waals surface area (Å²) in [5.41, 5.74) is 1.08. The number of halogens is 3. The summed E-state index contributed by atoms with van der Waals surface area (Å²) in [4.78, 5) is 14.4. The molecule has 1 amide bonds. The van der Waals surface area contributed by atoms with Crippen LogP contribution in [0.3, 0.4) is 0 Å². The maximum atomic E-state index is 12.1. The topological polar surface area (TPSA) is 50.8 Å². The molecule has 0 radical (unpaired) electrons. The van der Waals surface area contributed by atoms with E-state index in [2.05, 4.69) is 35.9 Å². The van der Waals surface area contributed by atoms with Crippen molar-refractivity contribution in [1.82, 2.24) is 4.90 Å². The number of hydrogen-bond acceptors (Lipinski definition) is 4. The van der Waals surface area contributed by atoms with Crippen molar-refractivity contribution < 1.29 is 14.3 Å². The Balaban J connectivity index is 0.00000450. The summed E-state index contributed by atoms with van der Waals surface area (Å²) >= 11 is 11.9. The fourth-order valence-electron chi connectivity index (χ4n) is 2.57. The van der Waals surface area contributed by atoms with Gasteiger partial charge in [-0.15, -0.1) is 12.4 Å². The highest BCUT2D eigenvalue weighted by molar-refractivity contribution is 6.35. The van der Waals surface area contributed by atoms with Gasteiger partial charge in [0.15, 0.2) is 11.5 Å². The number of methoxy groups -OCH3 is 1. The van der Waals surface area contributed by atoms with E-state index in [1.165, 1.54) is 0 Å². The van der Waals surface area contributed by atoms with E-state index >= 15 is 0 Å². The number of carbonyl (C=O) groups is 1. The van der Waals surface area contributed by atoms with Gasteiger partial charge in [-0.05, 0) is 43.4 Å². The molecular formula is C22H25Cl3N2O3. The first-order valence-electron chi connectivity index (χ1n) is 9.28. The minimum absolute atomic E-state index is 0. The van der Waals surface area contributed by atoms with Crippen LogP contribution in [0.2, 0.25) is 10.0 Å². The van der Waals surface area contributed by atoms with E-state index in [-0.39, 0.29) is 12.4 Å².